The van der Waals surface area contributed by atoms with Crippen LogP contribution >= 0.6 is 23.2 Å². The Bertz CT molecular complexity index is 1220. The lowest BCUT2D eigenvalue weighted by Crippen LogP contribution is -2.28. The molecule has 0 saturated carbocycles. The Balaban J connectivity index is 1.13. The van der Waals surface area contributed by atoms with E-state index in [9.17, 15) is 9.59 Å². The number of anilines is 2. The van der Waals surface area contributed by atoms with Crippen LogP contribution in [0.15, 0.2) is 60.9 Å². The maximum Gasteiger partial charge on any atom is 0.319 e. The quantitative estimate of drug-likeness (QED) is 0.239. The molecule has 4 aromatic rings. The summed E-state index contributed by atoms with van der Waals surface area (Å²) in [6, 6.07) is 12.9. The highest BCUT2D eigenvalue weighted by Gasteiger charge is 2.07. The molecule has 14 heteroatoms. The smallest absolute Gasteiger partial charge is 0.319 e. The second kappa shape index (κ2) is 12.7. The third kappa shape index (κ3) is 8.47. The number of nitrogens with one attached hydrogen (secondary N) is 4. The molecule has 0 bridgehead atoms. The minimum Gasteiger partial charge on any atom is -0.332 e. The van der Waals surface area contributed by atoms with Crippen molar-refractivity contribution in [3.63, 3.8) is 0 Å². The van der Waals surface area contributed by atoms with Crippen molar-refractivity contribution in [3.05, 3.63) is 82.4 Å². The van der Waals surface area contributed by atoms with E-state index in [2.05, 4.69) is 41.9 Å². The number of benzene rings is 2. The first-order valence-corrected chi connectivity index (χ1v) is 12.1. The number of aromatic nitrogens is 6. The average Bonchev–Trinajstić information content (AvgIpc) is 3.54. The van der Waals surface area contributed by atoms with Crippen molar-refractivity contribution in [3.8, 4) is 0 Å². The van der Waals surface area contributed by atoms with Crippen LogP contribution in [0.3, 0.4) is 0 Å². The topological polar surface area (TPSA) is 144 Å². The van der Waals surface area contributed by atoms with Gasteiger partial charge in [-0.1, -0.05) is 33.6 Å². The molecule has 2 aromatic heterocycles. The highest BCUT2D eigenvalue weighted by Crippen LogP contribution is 2.14. The number of carbonyl (C=O) groups excluding carboxylic acids is 2. The summed E-state index contributed by atoms with van der Waals surface area (Å²) in [5.41, 5.74) is 2.55. The molecule has 12 nitrogen and oxygen atoms in total. The van der Waals surface area contributed by atoms with Gasteiger partial charge in [0.1, 0.15) is 11.4 Å². The van der Waals surface area contributed by atoms with E-state index in [4.69, 9.17) is 23.2 Å². The van der Waals surface area contributed by atoms with Crippen molar-refractivity contribution in [2.45, 2.75) is 32.6 Å². The van der Waals surface area contributed by atoms with Crippen molar-refractivity contribution >= 4 is 46.6 Å². The second-order valence-corrected chi connectivity index (χ2v) is 8.80. The van der Waals surface area contributed by atoms with Gasteiger partial charge in [-0.3, -0.25) is 9.36 Å². The van der Waals surface area contributed by atoms with Crippen LogP contribution in [0.4, 0.5) is 21.0 Å². The van der Waals surface area contributed by atoms with Crippen LogP contribution in [0.5, 0.6) is 0 Å². The van der Waals surface area contributed by atoms with Crippen LogP contribution in [0.25, 0.3) is 0 Å². The molecular weight excluding hydrogens is 519 g/mol. The summed E-state index contributed by atoms with van der Waals surface area (Å²) in [7, 11) is 0. The van der Waals surface area contributed by atoms with E-state index in [0.717, 1.165) is 6.42 Å². The molecule has 0 aliphatic heterocycles. The SMILES string of the molecule is O=C(NCc1cn(CCCn2cc(CNC(=O)Nc3ccc(Cl)cc3)nn2)nn1)Nc1ccc(Cl)cc1. The monoisotopic (exact) mass is 542 g/mol. The normalized spacial score (nSPS) is 10.6. The van der Waals surface area contributed by atoms with Crippen molar-refractivity contribution in [2.75, 3.05) is 10.6 Å². The second-order valence-electron chi connectivity index (χ2n) is 7.93. The molecule has 4 amide bonds. The van der Waals surface area contributed by atoms with Crippen LogP contribution in [0, 0.1) is 0 Å². The Morgan fingerprint density at radius 3 is 1.49 bits per heavy atom. The first kappa shape index (κ1) is 25.9. The third-order valence-corrected chi connectivity index (χ3v) is 5.51. The van der Waals surface area contributed by atoms with E-state index in [0.29, 0.717) is 45.9 Å². The van der Waals surface area contributed by atoms with Crippen LogP contribution in [0.2, 0.25) is 10.0 Å². The Morgan fingerprint density at radius 2 is 1.08 bits per heavy atom. The maximum absolute atomic E-state index is 12.0. The number of carbonyl (C=O) groups is 2. The van der Waals surface area contributed by atoms with E-state index in [-0.39, 0.29) is 25.2 Å². The summed E-state index contributed by atoms with van der Waals surface area (Å²) in [5.74, 6) is 0. The molecule has 4 N–H and O–H groups in total. The van der Waals surface area contributed by atoms with Gasteiger partial charge in [0, 0.05) is 34.5 Å². The van der Waals surface area contributed by atoms with E-state index < -0.39 is 0 Å². The zero-order valence-electron chi connectivity index (χ0n) is 19.6. The predicted octanol–water partition coefficient (Wildman–Crippen LogP) is 3.91. The van der Waals surface area contributed by atoms with Gasteiger partial charge in [0.25, 0.3) is 0 Å². The fourth-order valence-electron chi connectivity index (χ4n) is 3.21. The molecule has 2 heterocycles. The number of rotatable bonds is 10. The summed E-state index contributed by atoms with van der Waals surface area (Å²) in [6.45, 7) is 1.71. The molecular formula is C23H24Cl2N10O2. The number of hydrogen-bond donors (Lipinski definition) is 4. The van der Waals surface area contributed by atoms with Gasteiger partial charge in [-0.25, -0.2) is 9.59 Å². The highest BCUT2D eigenvalue weighted by molar-refractivity contribution is 6.30. The first-order valence-electron chi connectivity index (χ1n) is 11.3. The minimum atomic E-state index is -0.351. The minimum absolute atomic E-state index is 0.241. The van der Waals surface area contributed by atoms with Crippen LogP contribution in [-0.4, -0.2) is 42.0 Å². The standard InChI is InChI=1S/C23H24Cl2N10O2/c24-16-2-6-18(7-3-16)28-22(36)26-12-20-14-34(32-30-20)10-1-11-35-15-21(31-33-35)13-27-23(37)29-19-8-4-17(25)5-9-19/h2-9,14-15H,1,10-13H2,(H2,26,28,36)(H2,27,29,37). The van der Waals surface area contributed by atoms with Gasteiger partial charge in [-0.2, -0.15) is 0 Å². The Morgan fingerprint density at radius 1 is 0.676 bits per heavy atom. The molecule has 0 aliphatic rings. The summed E-state index contributed by atoms with van der Waals surface area (Å²) >= 11 is 11.7. The molecule has 0 aliphatic carbocycles. The fraction of sp³-hybridized carbons (Fsp3) is 0.217. The maximum atomic E-state index is 12.0. The Labute approximate surface area is 222 Å². The average molecular weight is 543 g/mol. The number of amides is 4. The molecule has 37 heavy (non-hydrogen) atoms. The van der Waals surface area contributed by atoms with E-state index in [1.165, 1.54) is 0 Å². The summed E-state index contributed by atoms with van der Waals surface area (Å²) in [5, 5.41) is 28.4. The third-order valence-electron chi connectivity index (χ3n) is 5.01. The largest absolute Gasteiger partial charge is 0.332 e. The number of halogens is 2. The van der Waals surface area contributed by atoms with Crippen molar-refractivity contribution in [1.29, 1.82) is 0 Å². The molecule has 0 atom stereocenters. The van der Waals surface area contributed by atoms with Gasteiger partial charge >= 0.3 is 12.1 Å². The van der Waals surface area contributed by atoms with Gasteiger partial charge in [-0.15, -0.1) is 10.2 Å². The Kier molecular flexibility index (Phi) is 8.89. The number of hydrogen-bond acceptors (Lipinski definition) is 6. The first-order chi connectivity index (χ1) is 17.9. The van der Waals surface area contributed by atoms with Gasteiger partial charge in [0.15, 0.2) is 0 Å². The molecule has 4 rings (SSSR count). The molecule has 192 valence electrons. The summed E-state index contributed by atoms with van der Waals surface area (Å²) in [6.07, 6.45) is 4.29. The fourth-order valence-corrected chi connectivity index (χ4v) is 3.46. The van der Waals surface area contributed by atoms with E-state index in [1.807, 2.05) is 0 Å². The molecule has 0 saturated heterocycles. The summed E-state index contributed by atoms with van der Waals surface area (Å²) < 4.78 is 3.41. The molecule has 2 aromatic carbocycles. The Hall–Kier alpha value is -4.16. The van der Waals surface area contributed by atoms with Crippen LogP contribution in [0.1, 0.15) is 17.8 Å². The van der Waals surface area contributed by atoms with Gasteiger partial charge in [0.2, 0.25) is 0 Å². The number of nitrogens with zero attached hydrogens (tertiary/aromatic N) is 6. The zero-order valence-corrected chi connectivity index (χ0v) is 21.1. The van der Waals surface area contributed by atoms with Gasteiger partial charge in [0.05, 0.1) is 25.5 Å². The van der Waals surface area contributed by atoms with Crippen molar-refractivity contribution in [1.82, 2.24) is 40.6 Å². The summed E-state index contributed by atoms with van der Waals surface area (Å²) in [4.78, 5) is 24.1. The zero-order chi connectivity index (χ0) is 26.0. The molecule has 0 spiro atoms. The van der Waals surface area contributed by atoms with E-state index in [1.54, 1.807) is 70.3 Å². The van der Waals surface area contributed by atoms with Crippen molar-refractivity contribution in [2.24, 2.45) is 0 Å². The number of aryl methyl sites for hydroxylation is 2. The predicted molar refractivity (Wildman–Crippen MR) is 139 cm³/mol. The van der Waals surface area contributed by atoms with Crippen LogP contribution in [-0.2, 0) is 26.2 Å². The lowest BCUT2D eigenvalue weighted by atomic mass is 10.3. The molecule has 0 radical (unpaired) electrons. The lowest BCUT2D eigenvalue weighted by molar-refractivity contribution is 0.251. The number of urea groups is 2. The van der Waals surface area contributed by atoms with Gasteiger partial charge < -0.3 is 21.3 Å². The van der Waals surface area contributed by atoms with Crippen molar-refractivity contribution < 1.29 is 9.59 Å². The highest BCUT2D eigenvalue weighted by atomic mass is 35.5. The molecule has 0 unspecified atom stereocenters. The van der Waals surface area contributed by atoms with E-state index >= 15 is 0 Å². The lowest BCUT2D eigenvalue weighted by Gasteiger charge is -2.06. The van der Waals surface area contributed by atoms with Crippen LogP contribution < -0.4 is 21.3 Å². The molecule has 0 fully saturated rings. The van der Waals surface area contributed by atoms with Gasteiger partial charge in [-0.05, 0) is 55.0 Å².